The largest absolute Gasteiger partial charge is 0.458 e. The van der Waals surface area contributed by atoms with Crippen molar-refractivity contribution >= 4 is 5.97 Å². The van der Waals surface area contributed by atoms with Gasteiger partial charge in [0.25, 0.3) is 0 Å². The van der Waals surface area contributed by atoms with Crippen LogP contribution in [0.3, 0.4) is 0 Å². The van der Waals surface area contributed by atoms with Crippen molar-refractivity contribution in [3.8, 4) is 0 Å². The normalized spacial score (nSPS) is 41.4. The van der Waals surface area contributed by atoms with Gasteiger partial charge in [-0.3, -0.25) is 4.79 Å². The molecule has 2 fully saturated rings. The lowest BCUT2D eigenvalue weighted by Crippen LogP contribution is -2.56. The minimum Gasteiger partial charge on any atom is -0.458 e. The van der Waals surface area contributed by atoms with E-state index in [1.165, 1.54) is 39.3 Å². The first-order valence-electron chi connectivity index (χ1n) is 11.0. The van der Waals surface area contributed by atoms with Crippen molar-refractivity contribution in [3.05, 3.63) is 11.6 Å². The highest BCUT2D eigenvalue weighted by molar-refractivity contribution is 5.66. The maximum Gasteiger partial charge on any atom is 0.303 e. The predicted molar refractivity (Wildman–Crippen MR) is 108 cm³/mol. The van der Waals surface area contributed by atoms with Crippen LogP contribution in [-0.2, 0) is 9.53 Å². The third-order valence-corrected chi connectivity index (χ3v) is 7.61. The summed E-state index contributed by atoms with van der Waals surface area (Å²) in [7, 11) is 0. The van der Waals surface area contributed by atoms with Crippen LogP contribution in [-0.4, -0.2) is 47.3 Å². The molecule has 1 aliphatic heterocycles. The molecule has 4 heteroatoms. The van der Waals surface area contributed by atoms with Gasteiger partial charge >= 0.3 is 5.97 Å². The van der Waals surface area contributed by atoms with E-state index in [9.17, 15) is 9.90 Å². The fourth-order valence-electron chi connectivity index (χ4n) is 5.99. The molecule has 1 unspecified atom stereocenters. The summed E-state index contributed by atoms with van der Waals surface area (Å²) in [6, 6.07) is 0. The molecule has 4 nitrogen and oxygen atoms in total. The van der Waals surface area contributed by atoms with Gasteiger partial charge in [-0.1, -0.05) is 26.8 Å². The molecule has 0 spiro atoms. The number of piperidine rings is 1. The van der Waals surface area contributed by atoms with Crippen molar-refractivity contribution in [2.75, 3.05) is 19.6 Å². The minimum atomic E-state index is -0.758. The summed E-state index contributed by atoms with van der Waals surface area (Å²) in [6.07, 6.45) is 7.42. The molecular formula is C23H39NO3. The Bertz CT molecular complexity index is 574. The van der Waals surface area contributed by atoms with Gasteiger partial charge in [0.2, 0.25) is 0 Å². The van der Waals surface area contributed by atoms with E-state index in [1.54, 1.807) is 0 Å². The molecular weight excluding hydrogens is 338 g/mol. The fourth-order valence-corrected chi connectivity index (χ4v) is 5.99. The van der Waals surface area contributed by atoms with Crippen LogP contribution < -0.4 is 0 Å². The Labute approximate surface area is 165 Å². The van der Waals surface area contributed by atoms with Gasteiger partial charge in [0.05, 0.1) is 5.60 Å². The maximum absolute atomic E-state index is 11.7. The second-order valence-electron chi connectivity index (χ2n) is 9.86. The molecule has 1 saturated carbocycles. The molecule has 2 aliphatic carbocycles. The highest BCUT2D eigenvalue weighted by Crippen LogP contribution is 2.51. The van der Waals surface area contributed by atoms with Gasteiger partial charge < -0.3 is 14.7 Å². The number of hydrogen-bond acceptors (Lipinski definition) is 4. The lowest BCUT2D eigenvalue weighted by atomic mass is 9.57. The molecule has 27 heavy (non-hydrogen) atoms. The molecule has 7 atom stereocenters. The molecule has 1 heterocycles. The minimum absolute atomic E-state index is 0.172. The molecule has 0 aromatic heterocycles. The maximum atomic E-state index is 11.7. The first-order valence-corrected chi connectivity index (χ1v) is 11.0. The summed E-state index contributed by atoms with van der Waals surface area (Å²) in [5.74, 6) is 2.01. The molecule has 0 radical (unpaired) electrons. The van der Waals surface area contributed by atoms with Crippen LogP contribution in [0.5, 0.6) is 0 Å². The Morgan fingerprint density at radius 2 is 2.11 bits per heavy atom. The van der Waals surface area contributed by atoms with E-state index in [0.717, 1.165) is 24.5 Å². The van der Waals surface area contributed by atoms with Crippen LogP contribution in [0.25, 0.3) is 0 Å². The summed E-state index contributed by atoms with van der Waals surface area (Å²) in [4.78, 5) is 14.1. The third-order valence-electron chi connectivity index (χ3n) is 7.61. The number of aliphatic hydroxyl groups is 1. The van der Waals surface area contributed by atoms with E-state index in [4.69, 9.17) is 4.74 Å². The number of nitrogens with zero attached hydrogens (tertiary/aromatic N) is 1. The zero-order valence-electron chi connectivity index (χ0n) is 17.9. The summed E-state index contributed by atoms with van der Waals surface area (Å²) < 4.78 is 5.52. The Hall–Kier alpha value is -0.870. The molecule has 0 aromatic rings. The summed E-state index contributed by atoms with van der Waals surface area (Å²) in [5, 5.41) is 11.7. The van der Waals surface area contributed by atoms with Gasteiger partial charge in [0, 0.05) is 32.4 Å². The third kappa shape index (κ3) is 4.42. The Morgan fingerprint density at radius 3 is 2.78 bits per heavy atom. The number of hydrogen-bond donors (Lipinski definition) is 1. The van der Waals surface area contributed by atoms with E-state index in [-0.39, 0.29) is 23.9 Å². The number of rotatable bonds is 4. The van der Waals surface area contributed by atoms with E-state index in [2.05, 4.69) is 38.7 Å². The Balaban J connectivity index is 1.76. The van der Waals surface area contributed by atoms with Crippen LogP contribution in [0.4, 0.5) is 0 Å². The summed E-state index contributed by atoms with van der Waals surface area (Å²) >= 11 is 0. The van der Waals surface area contributed by atoms with E-state index in [1.807, 2.05) is 0 Å². The zero-order valence-corrected chi connectivity index (χ0v) is 17.9. The Kier molecular flexibility index (Phi) is 6.37. The van der Waals surface area contributed by atoms with Gasteiger partial charge in [0.1, 0.15) is 6.10 Å². The number of likely N-dealkylation sites (tertiary alicyclic amines) is 1. The van der Waals surface area contributed by atoms with Crippen LogP contribution >= 0.6 is 0 Å². The van der Waals surface area contributed by atoms with Crippen molar-refractivity contribution in [2.45, 2.75) is 78.4 Å². The van der Waals surface area contributed by atoms with Gasteiger partial charge in [-0.05, 0) is 68.4 Å². The summed E-state index contributed by atoms with van der Waals surface area (Å²) in [6.45, 7) is 14.0. The van der Waals surface area contributed by atoms with Gasteiger partial charge in [-0.2, -0.15) is 0 Å². The van der Waals surface area contributed by atoms with Crippen molar-refractivity contribution in [1.29, 1.82) is 0 Å². The number of esters is 1. The van der Waals surface area contributed by atoms with E-state index >= 15 is 0 Å². The van der Waals surface area contributed by atoms with Crippen molar-refractivity contribution in [3.63, 3.8) is 0 Å². The molecule has 1 N–H and O–H groups in total. The topological polar surface area (TPSA) is 49.8 Å². The van der Waals surface area contributed by atoms with Gasteiger partial charge in [-0.15, -0.1) is 0 Å². The van der Waals surface area contributed by atoms with Crippen LogP contribution in [0, 0.1) is 29.6 Å². The second kappa shape index (κ2) is 8.24. The molecule has 0 aromatic carbocycles. The average Bonchev–Trinajstić information content (AvgIpc) is 2.57. The van der Waals surface area contributed by atoms with Crippen molar-refractivity contribution in [1.82, 2.24) is 4.90 Å². The van der Waals surface area contributed by atoms with Gasteiger partial charge in [-0.25, -0.2) is 0 Å². The van der Waals surface area contributed by atoms with Crippen molar-refractivity contribution in [2.24, 2.45) is 29.6 Å². The SMILES string of the molecule is CC(=O)O[C@@H]1C[C@@]2(O)[C@H](C)CC[C@@H]([C@H](C)CN3CCCC(C)C3)[C@H]2C=C1C. The predicted octanol–water partition coefficient (Wildman–Crippen LogP) is 4.03. The molecule has 154 valence electrons. The first-order chi connectivity index (χ1) is 12.7. The monoisotopic (exact) mass is 377 g/mol. The lowest BCUT2D eigenvalue weighted by molar-refractivity contribution is -0.159. The zero-order chi connectivity index (χ0) is 19.8. The lowest BCUT2D eigenvalue weighted by Gasteiger charge is -2.53. The quantitative estimate of drug-likeness (QED) is 0.594. The standard InChI is InChI=1S/C23H39NO3/c1-15-7-6-10-24(13-15)14-17(3)20-9-8-18(4)23(26)12-22(27-19(5)25)16(2)11-21(20)23/h11,15,17-18,20-22,26H,6-10,12-14H2,1-5H3/t15?,17-,18-,20+,21-,22-,23-/m1/s1. The molecule has 1 saturated heterocycles. The molecule has 0 bridgehead atoms. The smallest absolute Gasteiger partial charge is 0.303 e. The number of carbonyl (C=O) groups excluding carboxylic acids is 1. The Morgan fingerprint density at radius 1 is 1.37 bits per heavy atom. The van der Waals surface area contributed by atoms with Crippen LogP contribution in [0.15, 0.2) is 11.6 Å². The van der Waals surface area contributed by atoms with Crippen LogP contribution in [0.2, 0.25) is 0 Å². The van der Waals surface area contributed by atoms with E-state index < -0.39 is 5.60 Å². The first kappa shape index (κ1) is 20.9. The molecule has 0 amide bonds. The average molecular weight is 378 g/mol. The molecule has 3 rings (SSSR count). The molecule has 3 aliphatic rings. The highest BCUT2D eigenvalue weighted by Gasteiger charge is 2.52. The number of carbonyl (C=O) groups is 1. The summed E-state index contributed by atoms with van der Waals surface area (Å²) in [5.41, 5.74) is 0.351. The number of ether oxygens (including phenoxy) is 1. The number of fused-ring (bicyclic) bond motifs is 1. The van der Waals surface area contributed by atoms with Crippen LogP contribution in [0.1, 0.15) is 66.7 Å². The fraction of sp³-hybridized carbons (Fsp3) is 0.870. The second-order valence-corrected chi connectivity index (χ2v) is 9.86. The highest BCUT2D eigenvalue weighted by atomic mass is 16.5. The van der Waals surface area contributed by atoms with Crippen molar-refractivity contribution < 1.29 is 14.6 Å². The van der Waals surface area contributed by atoms with Gasteiger partial charge in [0.15, 0.2) is 0 Å². The van der Waals surface area contributed by atoms with E-state index in [0.29, 0.717) is 18.3 Å².